The lowest BCUT2D eigenvalue weighted by Crippen LogP contribution is -2.33. The number of nitrogens with one attached hydrogen (secondary N) is 1. The first-order chi connectivity index (χ1) is 10.5. The summed E-state index contributed by atoms with van der Waals surface area (Å²) < 4.78 is 25.8. The number of hydrogen-bond donors (Lipinski definition) is 2. The maximum absolute atomic E-state index is 13.0. The monoisotopic (exact) mass is 311 g/mol. The van der Waals surface area contributed by atoms with Crippen molar-refractivity contribution in [1.29, 1.82) is 0 Å². The largest absolute Gasteiger partial charge is 0.481 e. The third-order valence-corrected chi connectivity index (χ3v) is 4.00. The Kier molecular flexibility index (Phi) is 5.46. The topological polar surface area (TPSA) is 66.4 Å². The fourth-order valence-corrected chi connectivity index (χ4v) is 2.78. The fourth-order valence-electron chi connectivity index (χ4n) is 2.78. The Morgan fingerprint density at radius 3 is 2.64 bits per heavy atom. The molecule has 0 aliphatic heterocycles. The van der Waals surface area contributed by atoms with E-state index >= 15 is 0 Å². The highest BCUT2D eigenvalue weighted by molar-refractivity contribution is 5.76. The average Bonchev–Trinajstić information content (AvgIpc) is 2.91. The maximum Gasteiger partial charge on any atom is 0.306 e. The Bertz CT molecular complexity index is 562. The van der Waals surface area contributed by atoms with Crippen molar-refractivity contribution >= 4 is 11.9 Å². The highest BCUT2D eigenvalue weighted by Crippen LogP contribution is 2.25. The quantitative estimate of drug-likeness (QED) is 0.849. The first-order valence-corrected chi connectivity index (χ1v) is 7.42. The lowest BCUT2D eigenvalue weighted by atomic mass is 10.1. The second-order valence-electron chi connectivity index (χ2n) is 5.71. The van der Waals surface area contributed by atoms with Crippen LogP contribution in [-0.4, -0.2) is 23.0 Å². The van der Waals surface area contributed by atoms with Gasteiger partial charge in [0.05, 0.1) is 5.92 Å². The Balaban J connectivity index is 1.70. The summed E-state index contributed by atoms with van der Waals surface area (Å²) >= 11 is 0. The van der Waals surface area contributed by atoms with E-state index in [1.807, 2.05) is 0 Å². The summed E-state index contributed by atoms with van der Waals surface area (Å²) in [7, 11) is 0. The van der Waals surface area contributed by atoms with Crippen LogP contribution in [0.5, 0.6) is 0 Å². The molecule has 0 saturated heterocycles. The normalized spacial score (nSPS) is 20.8. The van der Waals surface area contributed by atoms with Crippen LogP contribution < -0.4 is 5.32 Å². The number of carbonyl (C=O) groups excluding carboxylic acids is 1. The molecule has 0 spiro atoms. The summed E-state index contributed by atoms with van der Waals surface area (Å²) in [6.45, 7) is 0. The van der Waals surface area contributed by atoms with E-state index in [1.165, 1.54) is 6.07 Å². The van der Waals surface area contributed by atoms with Gasteiger partial charge in [-0.1, -0.05) is 6.07 Å². The van der Waals surface area contributed by atoms with Crippen LogP contribution in [0.4, 0.5) is 8.78 Å². The summed E-state index contributed by atoms with van der Waals surface area (Å²) in [6, 6.07) is 3.65. The van der Waals surface area contributed by atoms with Crippen LogP contribution in [0.25, 0.3) is 0 Å². The van der Waals surface area contributed by atoms with Crippen LogP contribution in [0.3, 0.4) is 0 Å². The number of rotatable bonds is 6. The summed E-state index contributed by atoms with van der Waals surface area (Å²) in [5.74, 6) is -3.07. The molecule has 1 aromatic carbocycles. The molecule has 2 atom stereocenters. The second-order valence-corrected chi connectivity index (χ2v) is 5.71. The van der Waals surface area contributed by atoms with Crippen LogP contribution in [0, 0.1) is 17.6 Å². The molecule has 2 rings (SSSR count). The summed E-state index contributed by atoms with van der Waals surface area (Å²) in [4.78, 5) is 22.6. The highest BCUT2D eigenvalue weighted by Gasteiger charge is 2.30. The van der Waals surface area contributed by atoms with E-state index in [2.05, 4.69) is 5.32 Å². The lowest BCUT2D eigenvalue weighted by Gasteiger charge is -2.12. The average molecular weight is 311 g/mol. The lowest BCUT2D eigenvalue weighted by molar-refractivity contribution is -0.141. The molecule has 22 heavy (non-hydrogen) atoms. The number of amides is 1. The zero-order valence-corrected chi connectivity index (χ0v) is 12.1. The van der Waals surface area contributed by atoms with E-state index in [4.69, 9.17) is 5.11 Å². The smallest absolute Gasteiger partial charge is 0.306 e. The van der Waals surface area contributed by atoms with Gasteiger partial charge in [-0.3, -0.25) is 9.59 Å². The molecule has 1 fully saturated rings. The van der Waals surface area contributed by atoms with E-state index in [9.17, 15) is 18.4 Å². The van der Waals surface area contributed by atoms with Crippen molar-refractivity contribution in [3.63, 3.8) is 0 Å². The van der Waals surface area contributed by atoms with Crippen molar-refractivity contribution in [2.45, 2.75) is 44.6 Å². The molecule has 0 heterocycles. The molecule has 0 bridgehead atoms. The van der Waals surface area contributed by atoms with Crippen molar-refractivity contribution in [1.82, 2.24) is 5.32 Å². The van der Waals surface area contributed by atoms with Crippen molar-refractivity contribution in [2.24, 2.45) is 5.92 Å². The van der Waals surface area contributed by atoms with E-state index in [0.717, 1.165) is 12.1 Å². The molecule has 1 saturated carbocycles. The molecule has 2 N–H and O–H groups in total. The highest BCUT2D eigenvalue weighted by atomic mass is 19.2. The van der Waals surface area contributed by atoms with Gasteiger partial charge < -0.3 is 10.4 Å². The van der Waals surface area contributed by atoms with Crippen molar-refractivity contribution < 1.29 is 23.5 Å². The number of hydrogen-bond acceptors (Lipinski definition) is 2. The van der Waals surface area contributed by atoms with Gasteiger partial charge >= 0.3 is 5.97 Å². The molecular formula is C16H19F2NO3. The number of aliphatic carboxylic acids is 1. The number of carbonyl (C=O) groups is 2. The Morgan fingerprint density at radius 1 is 1.23 bits per heavy atom. The van der Waals surface area contributed by atoms with Gasteiger partial charge in [-0.25, -0.2) is 8.78 Å². The first-order valence-electron chi connectivity index (χ1n) is 7.42. The van der Waals surface area contributed by atoms with Crippen molar-refractivity contribution in [3.8, 4) is 0 Å². The zero-order chi connectivity index (χ0) is 16.1. The minimum atomic E-state index is -0.882. The summed E-state index contributed by atoms with van der Waals surface area (Å²) in [5.41, 5.74) is 0.651. The Hall–Kier alpha value is -1.98. The number of benzene rings is 1. The van der Waals surface area contributed by atoms with E-state index in [0.29, 0.717) is 37.7 Å². The minimum Gasteiger partial charge on any atom is -0.481 e. The molecule has 1 amide bonds. The van der Waals surface area contributed by atoms with Crippen LogP contribution in [0.2, 0.25) is 0 Å². The predicted octanol–water partition coefficient (Wildman–Crippen LogP) is 2.66. The molecular weight excluding hydrogens is 292 g/mol. The number of carboxylic acids is 1. The maximum atomic E-state index is 13.0. The number of halogens is 2. The van der Waals surface area contributed by atoms with Crippen LogP contribution in [0.15, 0.2) is 18.2 Å². The van der Waals surface area contributed by atoms with E-state index in [-0.39, 0.29) is 24.3 Å². The molecule has 0 unspecified atom stereocenters. The molecule has 4 nitrogen and oxygen atoms in total. The van der Waals surface area contributed by atoms with Crippen molar-refractivity contribution in [2.75, 3.05) is 0 Å². The molecule has 1 aliphatic carbocycles. The van der Waals surface area contributed by atoms with Crippen LogP contribution >= 0.6 is 0 Å². The molecule has 0 radical (unpaired) electrons. The van der Waals surface area contributed by atoms with Crippen LogP contribution in [0.1, 0.15) is 37.7 Å². The SMILES string of the molecule is O=C(CCCc1ccc(F)c(F)c1)N[C@@H]1CC[C@H](C(=O)O)C1. The predicted molar refractivity (Wildman–Crippen MR) is 76.2 cm³/mol. The van der Waals surface area contributed by atoms with Gasteiger partial charge in [-0.15, -0.1) is 0 Å². The standard InChI is InChI=1S/C16H19F2NO3/c17-13-7-4-10(8-14(13)18)2-1-3-15(20)19-12-6-5-11(9-12)16(21)22/h4,7-8,11-12H,1-3,5-6,9H2,(H,19,20)(H,21,22)/t11-,12+/m0/s1. The van der Waals surface area contributed by atoms with Gasteiger partial charge in [0.1, 0.15) is 0 Å². The molecule has 1 aromatic rings. The number of aryl methyl sites for hydroxylation is 1. The summed E-state index contributed by atoms with van der Waals surface area (Å²) in [6.07, 6.45) is 3.07. The van der Waals surface area contributed by atoms with Crippen molar-refractivity contribution in [3.05, 3.63) is 35.4 Å². The fraction of sp³-hybridized carbons (Fsp3) is 0.500. The number of carboxylic acid groups (broad SMARTS) is 1. The zero-order valence-electron chi connectivity index (χ0n) is 12.1. The van der Waals surface area contributed by atoms with Gasteiger partial charge in [-0.05, 0) is 49.8 Å². The Morgan fingerprint density at radius 2 is 2.00 bits per heavy atom. The van der Waals surface area contributed by atoms with Gasteiger partial charge in [0.15, 0.2) is 11.6 Å². The van der Waals surface area contributed by atoms with Gasteiger partial charge in [-0.2, -0.15) is 0 Å². The van der Waals surface area contributed by atoms with E-state index in [1.54, 1.807) is 0 Å². The third kappa shape index (κ3) is 4.51. The molecule has 120 valence electrons. The Labute approximate surface area is 127 Å². The molecule has 1 aliphatic rings. The third-order valence-electron chi connectivity index (χ3n) is 4.00. The van der Waals surface area contributed by atoms with Gasteiger partial charge in [0.2, 0.25) is 5.91 Å². The summed E-state index contributed by atoms with van der Waals surface area (Å²) in [5, 5.41) is 11.7. The second kappa shape index (κ2) is 7.33. The molecule has 6 heteroatoms. The van der Waals surface area contributed by atoms with Crippen LogP contribution in [-0.2, 0) is 16.0 Å². The van der Waals surface area contributed by atoms with E-state index < -0.39 is 17.6 Å². The molecule has 0 aromatic heterocycles. The minimum absolute atomic E-state index is 0.0723. The first kappa shape index (κ1) is 16.4. The van der Waals surface area contributed by atoms with Gasteiger partial charge in [0, 0.05) is 12.5 Å². The van der Waals surface area contributed by atoms with Gasteiger partial charge in [0.25, 0.3) is 0 Å².